The minimum atomic E-state index is -3.40. The van der Waals surface area contributed by atoms with E-state index in [4.69, 9.17) is 5.11 Å². The zero-order valence-corrected chi connectivity index (χ0v) is 12.6. The van der Waals surface area contributed by atoms with Gasteiger partial charge in [-0.1, -0.05) is 0 Å². The Morgan fingerprint density at radius 1 is 1.45 bits per heavy atom. The van der Waals surface area contributed by atoms with Gasteiger partial charge in [-0.05, 0) is 25.1 Å². The highest BCUT2D eigenvalue weighted by Gasteiger charge is 2.23. The van der Waals surface area contributed by atoms with Gasteiger partial charge in [0.2, 0.25) is 5.91 Å². The van der Waals surface area contributed by atoms with Crippen molar-refractivity contribution in [2.75, 3.05) is 6.26 Å². The molecule has 6 nitrogen and oxygen atoms in total. The Bertz CT molecular complexity index is 630. The molecule has 110 valence electrons. The van der Waals surface area contributed by atoms with Gasteiger partial charge in [0.15, 0.2) is 9.84 Å². The smallest absolute Gasteiger partial charge is 0.328 e. The van der Waals surface area contributed by atoms with Crippen LogP contribution in [-0.4, -0.2) is 36.9 Å². The molecule has 0 aliphatic heterocycles. The van der Waals surface area contributed by atoms with E-state index >= 15 is 0 Å². The highest BCUT2D eigenvalue weighted by Crippen LogP contribution is 2.17. The van der Waals surface area contributed by atoms with Crippen molar-refractivity contribution in [1.29, 1.82) is 0 Å². The van der Waals surface area contributed by atoms with Crippen molar-refractivity contribution in [3.63, 3.8) is 0 Å². The molecule has 1 atom stereocenters. The van der Waals surface area contributed by atoms with Gasteiger partial charge >= 0.3 is 5.97 Å². The van der Waals surface area contributed by atoms with Crippen LogP contribution in [0.25, 0.3) is 6.08 Å². The van der Waals surface area contributed by atoms with Crippen LogP contribution >= 0.6 is 11.3 Å². The Labute approximate surface area is 121 Å². The average molecular weight is 317 g/mol. The molecule has 0 radical (unpaired) electrons. The lowest BCUT2D eigenvalue weighted by molar-refractivity contribution is -0.131. The molecule has 8 heteroatoms. The van der Waals surface area contributed by atoms with Crippen LogP contribution < -0.4 is 5.32 Å². The number of carbonyl (C=O) groups is 2. The third-order valence-corrected chi connectivity index (χ3v) is 5.07. The normalized spacial score (nSPS) is 13.3. The summed E-state index contributed by atoms with van der Waals surface area (Å²) >= 11 is 1.32. The van der Waals surface area contributed by atoms with E-state index in [-0.39, 0.29) is 6.54 Å². The Kier molecular flexibility index (Phi) is 5.46. The topological polar surface area (TPSA) is 101 Å². The van der Waals surface area contributed by atoms with Crippen LogP contribution in [0.15, 0.2) is 18.2 Å². The maximum absolute atomic E-state index is 11.6. The maximum atomic E-state index is 11.6. The van der Waals surface area contributed by atoms with E-state index in [2.05, 4.69) is 5.32 Å². The van der Waals surface area contributed by atoms with Gasteiger partial charge in [0.1, 0.15) is 5.25 Å². The van der Waals surface area contributed by atoms with E-state index in [1.165, 1.54) is 24.3 Å². The maximum Gasteiger partial charge on any atom is 0.328 e. The number of rotatable bonds is 6. The Balaban J connectivity index is 2.59. The van der Waals surface area contributed by atoms with Crippen LogP contribution in [0, 0.1) is 0 Å². The minimum absolute atomic E-state index is 0.213. The van der Waals surface area contributed by atoms with Crippen LogP contribution in [0.5, 0.6) is 0 Å². The Morgan fingerprint density at radius 3 is 2.65 bits per heavy atom. The second-order valence-electron chi connectivity index (χ2n) is 4.17. The van der Waals surface area contributed by atoms with Gasteiger partial charge in [-0.2, -0.15) is 0 Å². The highest BCUT2D eigenvalue weighted by molar-refractivity contribution is 7.92. The minimum Gasteiger partial charge on any atom is -0.478 e. The Morgan fingerprint density at radius 2 is 2.10 bits per heavy atom. The molecule has 1 unspecified atom stereocenters. The van der Waals surface area contributed by atoms with Crippen molar-refractivity contribution in [3.8, 4) is 0 Å². The molecule has 0 aliphatic carbocycles. The third kappa shape index (κ3) is 5.14. The molecule has 0 saturated carbocycles. The summed E-state index contributed by atoms with van der Waals surface area (Å²) in [6, 6.07) is 3.48. The third-order valence-electron chi connectivity index (χ3n) is 2.52. The van der Waals surface area contributed by atoms with Crippen LogP contribution in [-0.2, 0) is 26.0 Å². The zero-order chi connectivity index (χ0) is 15.3. The number of nitrogens with one attached hydrogen (secondary N) is 1. The Hall–Kier alpha value is -1.67. The average Bonchev–Trinajstić information content (AvgIpc) is 2.79. The number of carboxylic acids is 1. The summed E-state index contributed by atoms with van der Waals surface area (Å²) in [5, 5.41) is 9.95. The molecular weight excluding hydrogens is 302 g/mol. The summed E-state index contributed by atoms with van der Waals surface area (Å²) in [6.45, 7) is 1.55. The number of carbonyl (C=O) groups excluding carboxylic acids is 1. The predicted octanol–water partition coefficient (Wildman–Crippen LogP) is 0.895. The molecule has 0 aromatic carbocycles. The largest absolute Gasteiger partial charge is 0.478 e. The lowest BCUT2D eigenvalue weighted by atomic mass is 10.3. The van der Waals surface area contributed by atoms with Crippen LogP contribution in [0.2, 0.25) is 0 Å². The van der Waals surface area contributed by atoms with Gasteiger partial charge < -0.3 is 10.4 Å². The molecule has 2 N–H and O–H groups in total. The molecule has 0 fully saturated rings. The van der Waals surface area contributed by atoms with Crippen molar-refractivity contribution in [1.82, 2.24) is 5.32 Å². The van der Waals surface area contributed by atoms with E-state index in [0.29, 0.717) is 0 Å². The van der Waals surface area contributed by atoms with Crippen molar-refractivity contribution in [2.24, 2.45) is 0 Å². The molecule has 1 rings (SSSR count). The SMILES string of the molecule is CC(C(=O)NCc1ccc(/C=C/C(=O)O)s1)S(C)(=O)=O. The standard InChI is InChI=1S/C12H15NO5S2/c1-8(20(2,17)18)12(16)13-7-10-4-3-9(19-10)5-6-11(14)15/h3-6,8H,7H2,1-2H3,(H,13,16)(H,14,15)/b6-5+. The van der Waals surface area contributed by atoms with Gasteiger partial charge in [-0.15, -0.1) is 11.3 Å². The molecule has 20 heavy (non-hydrogen) atoms. The van der Waals surface area contributed by atoms with Crippen molar-refractivity contribution in [2.45, 2.75) is 18.7 Å². The second kappa shape index (κ2) is 6.67. The number of amides is 1. The number of hydrogen-bond donors (Lipinski definition) is 2. The fraction of sp³-hybridized carbons (Fsp3) is 0.333. The number of sulfone groups is 1. The first-order chi connectivity index (χ1) is 9.20. The number of carboxylic acid groups (broad SMARTS) is 1. The molecule has 1 aromatic heterocycles. The molecule has 1 aromatic rings. The van der Waals surface area contributed by atoms with Gasteiger partial charge in [-0.25, -0.2) is 13.2 Å². The van der Waals surface area contributed by atoms with Gasteiger partial charge in [0, 0.05) is 22.1 Å². The number of thiophene rings is 1. The summed E-state index contributed by atoms with van der Waals surface area (Å²) in [4.78, 5) is 23.5. The molecule has 1 amide bonds. The van der Waals surface area contributed by atoms with Crippen LogP contribution in [0.1, 0.15) is 16.7 Å². The van der Waals surface area contributed by atoms with Gasteiger partial charge in [0.05, 0.1) is 6.54 Å². The molecule has 0 spiro atoms. The first kappa shape index (κ1) is 16.4. The van der Waals surface area contributed by atoms with Crippen LogP contribution in [0.3, 0.4) is 0 Å². The van der Waals surface area contributed by atoms with E-state index in [0.717, 1.165) is 22.1 Å². The van der Waals surface area contributed by atoms with E-state index in [9.17, 15) is 18.0 Å². The predicted molar refractivity (Wildman–Crippen MR) is 77.1 cm³/mol. The van der Waals surface area contributed by atoms with Crippen molar-refractivity contribution < 1.29 is 23.1 Å². The van der Waals surface area contributed by atoms with Crippen LogP contribution in [0.4, 0.5) is 0 Å². The first-order valence-electron chi connectivity index (χ1n) is 5.66. The monoisotopic (exact) mass is 317 g/mol. The summed E-state index contributed by atoms with van der Waals surface area (Å²) in [6.07, 6.45) is 3.49. The van der Waals surface area contributed by atoms with Crippen molar-refractivity contribution >= 4 is 39.1 Å². The molecule has 0 saturated heterocycles. The lowest BCUT2D eigenvalue weighted by Crippen LogP contribution is -2.36. The summed E-state index contributed by atoms with van der Waals surface area (Å²) in [5.74, 6) is -1.58. The zero-order valence-electron chi connectivity index (χ0n) is 11.0. The highest BCUT2D eigenvalue weighted by atomic mass is 32.2. The quantitative estimate of drug-likeness (QED) is 0.759. The first-order valence-corrected chi connectivity index (χ1v) is 8.43. The van der Waals surface area contributed by atoms with E-state index < -0.39 is 27.0 Å². The van der Waals surface area contributed by atoms with E-state index in [1.807, 2.05) is 0 Å². The van der Waals surface area contributed by atoms with E-state index in [1.54, 1.807) is 12.1 Å². The fourth-order valence-corrected chi connectivity index (χ4v) is 2.57. The number of aliphatic carboxylic acids is 1. The summed E-state index contributed by atoms with van der Waals surface area (Å²) in [7, 11) is -3.40. The molecule has 0 bridgehead atoms. The summed E-state index contributed by atoms with van der Waals surface area (Å²) in [5.41, 5.74) is 0. The molecular formula is C12H15NO5S2. The van der Waals surface area contributed by atoms with Crippen molar-refractivity contribution in [3.05, 3.63) is 28.0 Å². The fourth-order valence-electron chi connectivity index (χ4n) is 1.24. The molecule has 1 heterocycles. The van der Waals surface area contributed by atoms with Gasteiger partial charge in [0.25, 0.3) is 0 Å². The number of hydrogen-bond acceptors (Lipinski definition) is 5. The summed E-state index contributed by atoms with van der Waals surface area (Å²) < 4.78 is 22.4. The van der Waals surface area contributed by atoms with Gasteiger partial charge in [-0.3, -0.25) is 4.79 Å². The molecule has 0 aliphatic rings. The second-order valence-corrected chi connectivity index (χ2v) is 7.73. The lowest BCUT2D eigenvalue weighted by Gasteiger charge is -2.09.